The third-order valence-corrected chi connectivity index (χ3v) is 7.10. The summed E-state index contributed by atoms with van der Waals surface area (Å²) in [6, 6.07) is 13.0. The first-order valence-corrected chi connectivity index (χ1v) is 13.6. The van der Waals surface area contributed by atoms with E-state index in [0.29, 0.717) is 5.88 Å². The summed E-state index contributed by atoms with van der Waals surface area (Å²) in [5.74, 6) is 1.65. The molecule has 0 aliphatic carbocycles. The topological polar surface area (TPSA) is 12.5 Å². The molecule has 0 heterocycles. The SMILES string of the molecule is CCCN(CCC)CCCOc1ccc(C(C)(C)c2cc(C)c(CCCCCl)c(Cl)c2)cc1. The number of hydrogen-bond acceptors (Lipinski definition) is 2. The van der Waals surface area contributed by atoms with Crippen molar-refractivity contribution in [3.8, 4) is 5.75 Å². The summed E-state index contributed by atoms with van der Waals surface area (Å²) < 4.78 is 6.03. The molecule has 0 aromatic heterocycles. The molecule has 0 aliphatic rings. The lowest BCUT2D eigenvalue weighted by atomic mass is 9.77. The molecule has 0 aliphatic heterocycles. The zero-order valence-electron chi connectivity index (χ0n) is 21.4. The third-order valence-electron chi connectivity index (χ3n) is 6.49. The van der Waals surface area contributed by atoms with Gasteiger partial charge in [0.15, 0.2) is 0 Å². The van der Waals surface area contributed by atoms with Crippen molar-refractivity contribution in [2.75, 3.05) is 32.1 Å². The van der Waals surface area contributed by atoms with Gasteiger partial charge in [-0.2, -0.15) is 0 Å². The molecule has 0 saturated carbocycles. The number of benzene rings is 2. The molecule has 4 heteroatoms. The molecule has 0 amide bonds. The highest BCUT2D eigenvalue weighted by Crippen LogP contribution is 2.36. The molecule has 2 aromatic rings. The quantitative estimate of drug-likeness (QED) is 0.183. The highest BCUT2D eigenvalue weighted by Gasteiger charge is 2.25. The zero-order chi connectivity index (χ0) is 24.3. The van der Waals surface area contributed by atoms with Gasteiger partial charge in [-0.05, 0) is 99.0 Å². The average molecular weight is 493 g/mol. The van der Waals surface area contributed by atoms with Gasteiger partial charge in [0.1, 0.15) is 5.75 Å². The molecule has 0 atom stereocenters. The summed E-state index contributed by atoms with van der Waals surface area (Å²) in [6.45, 7) is 15.4. The number of aryl methyl sites for hydroxylation is 1. The first-order valence-electron chi connectivity index (χ1n) is 12.6. The van der Waals surface area contributed by atoms with Crippen LogP contribution in [0.5, 0.6) is 5.75 Å². The second kappa shape index (κ2) is 14.2. The van der Waals surface area contributed by atoms with Crippen LogP contribution in [0.3, 0.4) is 0 Å². The molecule has 0 fully saturated rings. The van der Waals surface area contributed by atoms with Gasteiger partial charge in [0.25, 0.3) is 0 Å². The van der Waals surface area contributed by atoms with Crippen LogP contribution in [0.25, 0.3) is 0 Å². The van der Waals surface area contributed by atoms with Gasteiger partial charge in [-0.25, -0.2) is 0 Å². The molecular formula is C29H43Cl2NO. The van der Waals surface area contributed by atoms with Gasteiger partial charge in [0.05, 0.1) is 6.61 Å². The fourth-order valence-electron chi connectivity index (χ4n) is 4.43. The average Bonchev–Trinajstić information content (AvgIpc) is 2.79. The van der Waals surface area contributed by atoms with Crippen LogP contribution in [0.2, 0.25) is 5.02 Å². The zero-order valence-corrected chi connectivity index (χ0v) is 22.9. The molecule has 0 radical (unpaired) electrons. The number of rotatable bonds is 15. The smallest absolute Gasteiger partial charge is 0.119 e. The van der Waals surface area contributed by atoms with Gasteiger partial charge >= 0.3 is 0 Å². The minimum atomic E-state index is -0.137. The Kier molecular flexibility index (Phi) is 12.1. The van der Waals surface area contributed by atoms with Crippen LogP contribution in [-0.4, -0.2) is 37.0 Å². The fraction of sp³-hybridized carbons (Fsp3) is 0.586. The predicted molar refractivity (Wildman–Crippen MR) is 146 cm³/mol. The van der Waals surface area contributed by atoms with Crippen LogP contribution < -0.4 is 4.74 Å². The van der Waals surface area contributed by atoms with Crippen molar-refractivity contribution in [1.29, 1.82) is 0 Å². The summed E-state index contributed by atoms with van der Waals surface area (Å²) in [4.78, 5) is 2.53. The molecule has 0 bridgehead atoms. The van der Waals surface area contributed by atoms with Gasteiger partial charge < -0.3 is 9.64 Å². The highest BCUT2D eigenvalue weighted by atomic mass is 35.5. The first-order chi connectivity index (χ1) is 15.8. The lowest BCUT2D eigenvalue weighted by Crippen LogP contribution is -2.27. The highest BCUT2D eigenvalue weighted by molar-refractivity contribution is 6.31. The molecule has 0 unspecified atom stereocenters. The molecule has 2 aromatic carbocycles. The van der Waals surface area contributed by atoms with E-state index in [2.05, 4.69) is 75.9 Å². The summed E-state index contributed by atoms with van der Waals surface area (Å²) in [6.07, 6.45) is 6.55. The summed E-state index contributed by atoms with van der Waals surface area (Å²) in [5, 5.41) is 0.868. The molecule has 2 nitrogen and oxygen atoms in total. The minimum absolute atomic E-state index is 0.137. The Balaban J connectivity index is 2.00. The largest absolute Gasteiger partial charge is 0.494 e. The van der Waals surface area contributed by atoms with Crippen LogP contribution in [0, 0.1) is 6.92 Å². The van der Waals surface area contributed by atoms with Crippen LogP contribution in [0.15, 0.2) is 36.4 Å². The van der Waals surface area contributed by atoms with Crippen molar-refractivity contribution < 1.29 is 4.74 Å². The van der Waals surface area contributed by atoms with Crippen molar-refractivity contribution in [2.45, 2.75) is 78.6 Å². The standard InChI is InChI=1S/C29H43Cl2NO/c1-6-17-32(18-7-2)19-10-20-33-26-14-12-24(13-15-26)29(4,5)25-21-23(3)27(28(31)22-25)11-8-9-16-30/h12-15,21-22H,6-11,16-20H2,1-5H3. The van der Waals surface area contributed by atoms with E-state index < -0.39 is 0 Å². The van der Waals surface area contributed by atoms with E-state index in [4.69, 9.17) is 27.9 Å². The second-order valence-corrected chi connectivity index (χ2v) is 10.4. The van der Waals surface area contributed by atoms with Gasteiger partial charge in [0, 0.05) is 22.9 Å². The van der Waals surface area contributed by atoms with Gasteiger partial charge in [-0.15, -0.1) is 11.6 Å². The van der Waals surface area contributed by atoms with E-state index in [1.165, 1.54) is 48.2 Å². The van der Waals surface area contributed by atoms with E-state index in [-0.39, 0.29) is 5.41 Å². The molecular weight excluding hydrogens is 449 g/mol. The van der Waals surface area contributed by atoms with E-state index in [1.54, 1.807) is 0 Å². The number of alkyl halides is 1. The molecule has 0 saturated heterocycles. The normalized spacial score (nSPS) is 11.9. The Morgan fingerprint density at radius 3 is 2.12 bits per heavy atom. The van der Waals surface area contributed by atoms with Crippen molar-refractivity contribution in [3.63, 3.8) is 0 Å². The minimum Gasteiger partial charge on any atom is -0.494 e. The van der Waals surface area contributed by atoms with Gasteiger partial charge in [0.2, 0.25) is 0 Å². The summed E-state index contributed by atoms with van der Waals surface area (Å²) in [7, 11) is 0. The Morgan fingerprint density at radius 2 is 1.55 bits per heavy atom. The number of hydrogen-bond donors (Lipinski definition) is 0. The fourth-order valence-corrected chi connectivity index (χ4v) is 4.98. The van der Waals surface area contributed by atoms with Crippen LogP contribution in [-0.2, 0) is 11.8 Å². The van der Waals surface area contributed by atoms with E-state index in [1.807, 2.05) is 0 Å². The van der Waals surface area contributed by atoms with Crippen molar-refractivity contribution in [1.82, 2.24) is 4.90 Å². The van der Waals surface area contributed by atoms with Gasteiger partial charge in [-0.1, -0.05) is 57.5 Å². The van der Waals surface area contributed by atoms with Crippen LogP contribution in [0.4, 0.5) is 0 Å². The van der Waals surface area contributed by atoms with E-state index in [0.717, 1.165) is 49.6 Å². The van der Waals surface area contributed by atoms with Crippen molar-refractivity contribution in [2.24, 2.45) is 0 Å². The maximum atomic E-state index is 6.71. The predicted octanol–water partition coefficient (Wildman–Crippen LogP) is 8.43. The number of halogens is 2. The Hall–Kier alpha value is -1.22. The molecule has 184 valence electrons. The van der Waals surface area contributed by atoms with E-state index >= 15 is 0 Å². The molecule has 2 rings (SSSR count). The Bertz CT molecular complexity index is 803. The molecule has 0 spiro atoms. The monoisotopic (exact) mass is 491 g/mol. The maximum Gasteiger partial charge on any atom is 0.119 e. The number of unbranched alkanes of at least 4 members (excludes halogenated alkanes) is 1. The maximum absolute atomic E-state index is 6.71. The molecule has 0 N–H and O–H groups in total. The summed E-state index contributed by atoms with van der Waals surface area (Å²) in [5.41, 5.74) is 4.88. The van der Waals surface area contributed by atoms with Crippen molar-refractivity contribution in [3.05, 3.63) is 63.7 Å². The summed E-state index contributed by atoms with van der Waals surface area (Å²) >= 11 is 12.5. The lowest BCUT2D eigenvalue weighted by Gasteiger charge is -2.28. The first kappa shape index (κ1) is 28.0. The van der Waals surface area contributed by atoms with E-state index in [9.17, 15) is 0 Å². The lowest BCUT2D eigenvalue weighted by molar-refractivity contribution is 0.234. The Labute approximate surface area is 212 Å². The van der Waals surface area contributed by atoms with Gasteiger partial charge in [-0.3, -0.25) is 0 Å². The second-order valence-electron chi connectivity index (χ2n) is 9.59. The number of ether oxygens (including phenoxy) is 1. The van der Waals surface area contributed by atoms with Crippen LogP contribution >= 0.6 is 23.2 Å². The number of nitrogens with zero attached hydrogens (tertiary/aromatic N) is 1. The Morgan fingerprint density at radius 1 is 0.879 bits per heavy atom. The van der Waals surface area contributed by atoms with Crippen LogP contribution in [0.1, 0.15) is 82.1 Å². The third kappa shape index (κ3) is 8.50. The molecule has 33 heavy (non-hydrogen) atoms. The van der Waals surface area contributed by atoms with Crippen molar-refractivity contribution >= 4 is 23.2 Å².